The Bertz CT molecular complexity index is 685. The number of nitrogens with one attached hydrogen (secondary N) is 3. The molecule has 0 aliphatic carbocycles. The highest BCUT2D eigenvalue weighted by Crippen LogP contribution is 2.45. The molecule has 0 aromatic carbocycles. The van der Waals surface area contributed by atoms with Crippen LogP contribution >= 0.6 is 22.2 Å². The van der Waals surface area contributed by atoms with Gasteiger partial charge in [0.05, 0.1) is 17.6 Å². The van der Waals surface area contributed by atoms with Gasteiger partial charge in [0.2, 0.25) is 0 Å². The summed E-state index contributed by atoms with van der Waals surface area (Å²) in [5.41, 5.74) is 0.110. The fourth-order valence-corrected chi connectivity index (χ4v) is 4.97. The summed E-state index contributed by atoms with van der Waals surface area (Å²) in [6, 6.07) is -0.611. The molecule has 3 heterocycles. The highest BCUT2D eigenvalue weighted by Gasteiger charge is 2.31. The number of amides is 2. The first-order valence-electron chi connectivity index (χ1n) is 7.63. The summed E-state index contributed by atoms with van der Waals surface area (Å²) in [6.45, 7) is 1.18. The monoisotopic (exact) mass is 377 g/mol. The molecule has 2 aliphatic heterocycles. The summed E-state index contributed by atoms with van der Waals surface area (Å²) in [5.74, 6) is 0.550. The maximum absolute atomic E-state index is 12.0. The van der Waals surface area contributed by atoms with Gasteiger partial charge in [-0.15, -0.1) is 0 Å². The van der Waals surface area contributed by atoms with E-state index in [1.165, 1.54) is 6.20 Å². The van der Waals surface area contributed by atoms with E-state index in [9.17, 15) is 18.7 Å². The molecule has 2 aliphatic rings. The molecule has 1 aromatic rings. The van der Waals surface area contributed by atoms with E-state index in [-0.39, 0.29) is 28.9 Å². The molecule has 134 valence electrons. The van der Waals surface area contributed by atoms with Crippen LogP contribution in [0.5, 0.6) is 0 Å². The van der Waals surface area contributed by atoms with Crippen LogP contribution in [0.4, 0.5) is 10.5 Å². The lowest BCUT2D eigenvalue weighted by Crippen LogP contribution is -2.47. The highest BCUT2D eigenvalue weighted by atomic mass is 35.5. The molecule has 2 amide bonds. The van der Waals surface area contributed by atoms with Gasteiger partial charge in [0.15, 0.2) is 0 Å². The molecule has 5 N–H and O–H groups in total. The number of aromatic nitrogens is 2. The fraction of sp³-hybridized carbons (Fsp3) is 0.615. The topological polar surface area (TPSA) is 131 Å². The zero-order valence-corrected chi connectivity index (χ0v) is 14.4. The van der Waals surface area contributed by atoms with E-state index in [0.717, 1.165) is 6.42 Å². The molecule has 2 unspecified atom stereocenters. The standard InChI is InChI=1S/C13H20ClN5O4S/c14-11-10(5-15-18-12(11)20)19-3-1-8(6-19)16-13(21)17-9-2-4-24(22,23)7-9/h5,8-9,22-23H,1-4,6-7H2,(H,18,20)(H2,16,17,21). The smallest absolute Gasteiger partial charge is 0.315 e. The van der Waals surface area contributed by atoms with Crippen molar-refractivity contribution in [1.29, 1.82) is 0 Å². The van der Waals surface area contributed by atoms with Crippen molar-refractivity contribution >= 4 is 33.9 Å². The molecule has 2 fully saturated rings. The lowest BCUT2D eigenvalue weighted by atomic mass is 10.2. The quantitative estimate of drug-likeness (QED) is 0.530. The Hall–Kier alpha value is -1.49. The maximum atomic E-state index is 12.0. The summed E-state index contributed by atoms with van der Waals surface area (Å²) < 4.78 is 19.2. The minimum absolute atomic E-state index is 0.0814. The number of hydrogen-bond donors (Lipinski definition) is 5. The third kappa shape index (κ3) is 3.94. The molecule has 3 rings (SSSR count). The van der Waals surface area contributed by atoms with Gasteiger partial charge < -0.3 is 15.5 Å². The SMILES string of the molecule is O=C(NC1CCN(c2cn[nH]c(=O)c2Cl)C1)NC1CCS(O)(O)C1. The van der Waals surface area contributed by atoms with Crippen molar-refractivity contribution in [3.63, 3.8) is 0 Å². The van der Waals surface area contributed by atoms with Crippen molar-refractivity contribution in [3.05, 3.63) is 21.6 Å². The van der Waals surface area contributed by atoms with Crippen molar-refractivity contribution < 1.29 is 13.9 Å². The first kappa shape index (κ1) is 17.3. The van der Waals surface area contributed by atoms with E-state index < -0.39 is 16.1 Å². The van der Waals surface area contributed by atoms with E-state index in [2.05, 4.69) is 20.8 Å². The number of H-pyrrole nitrogens is 1. The third-order valence-corrected chi connectivity index (χ3v) is 6.43. The van der Waals surface area contributed by atoms with Crippen molar-refractivity contribution in [1.82, 2.24) is 20.8 Å². The third-order valence-electron chi connectivity index (χ3n) is 4.24. The molecule has 24 heavy (non-hydrogen) atoms. The van der Waals surface area contributed by atoms with Gasteiger partial charge in [0.1, 0.15) is 5.02 Å². The van der Waals surface area contributed by atoms with Crippen molar-refractivity contribution in [2.45, 2.75) is 24.9 Å². The van der Waals surface area contributed by atoms with Crippen LogP contribution < -0.4 is 21.1 Å². The van der Waals surface area contributed by atoms with Crippen LogP contribution in [-0.4, -0.2) is 62.0 Å². The molecular formula is C13H20ClN5O4S. The number of nitrogens with zero attached hydrogens (tertiary/aromatic N) is 2. The predicted octanol–water partition coefficient (Wildman–Crippen LogP) is 0.824. The second kappa shape index (κ2) is 6.79. The number of carbonyl (C=O) groups is 1. The summed E-state index contributed by atoms with van der Waals surface area (Å²) >= 11 is 6.00. The molecular weight excluding hydrogens is 358 g/mol. The molecule has 0 radical (unpaired) electrons. The van der Waals surface area contributed by atoms with Crippen molar-refractivity contribution in [2.75, 3.05) is 29.5 Å². The Balaban J connectivity index is 1.52. The molecule has 0 bridgehead atoms. The van der Waals surface area contributed by atoms with Crippen LogP contribution in [0.25, 0.3) is 0 Å². The van der Waals surface area contributed by atoms with Gasteiger partial charge in [-0.2, -0.15) is 15.7 Å². The number of hydrogen-bond acceptors (Lipinski definition) is 6. The largest absolute Gasteiger partial charge is 0.367 e. The zero-order valence-electron chi connectivity index (χ0n) is 12.9. The lowest BCUT2D eigenvalue weighted by Gasteiger charge is -2.26. The molecule has 0 saturated carbocycles. The molecule has 9 nitrogen and oxygen atoms in total. The molecule has 1 aromatic heterocycles. The maximum Gasteiger partial charge on any atom is 0.315 e. The van der Waals surface area contributed by atoms with E-state index in [4.69, 9.17) is 11.6 Å². The summed E-state index contributed by atoms with van der Waals surface area (Å²) in [7, 11) is -2.53. The van der Waals surface area contributed by atoms with Gasteiger partial charge in [-0.05, 0) is 12.8 Å². The second-order valence-electron chi connectivity index (χ2n) is 6.11. The van der Waals surface area contributed by atoms with Crippen LogP contribution in [0.15, 0.2) is 11.0 Å². The number of aromatic amines is 1. The molecule has 2 saturated heterocycles. The number of carbonyl (C=O) groups excluding carboxylic acids is 1. The van der Waals surface area contributed by atoms with Crippen LogP contribution in [0, 0.1) is 0 Å². The van der Waals surface area contributed by atoms with E-state index in [0.29, 0.717) is 31.0 Å². The van der Waals surface area contributed by atoms with Gasteiger partial charge in [-0.1, -0.05) is 11.6 Å². The average molecular weight is 378 g/mol. The number of rotatable bonds is 3. The zero-order chi connectivity index (χ0) is 17.3. The van der Waals surface area contributed by atoms with Crippen LogP contribution in [0.3, 0.4) is 0 Å². The Morgan fingerprint density at radius 1 is 1.38 bits per heavy atom. The number of halogens is 1. The van der Waals surface area contributed by atoms with E-state index in [1.54, 1.807) is 0 Å². The van der Waals surface area contributed by atoms with Crippen LogP contribution in [0.1, 0.15) is 12.8 Å². The first-order valence-corrected chi connectivity index (χ1v) is 9.89. The highest BCUT2D eigenvalue weighted by molar-refractivity contribution is 8.24. The molecule has 2 atom stereocenters. The minimum Gasteiger partial charge on any atom is -0.367 e. The number of anilines is 1. The summed E-state index contributed by atoms with van der Waals surface area (Å²) in [4.78, 5) is 25.5. The van der Waals surface area contributed by atoms with Crippen LogP contribution in [-0.2, 0) is 0 Å². The summed E-state index contributed by atoms with van der Waals surface area (Å²) in [5, 5.41) is 11.8. The normalized spacial score (nSPS) is 27.0. The predicted molar refractivity (Wildman–Crippen MR) is 93.1 cm³/mol. The first-order chi connectivity index (χ1) is 11.3. The average Bonchev–Trinajstić information content (AvgIpc) is 3.08. The second-order valence-corrected chi connectivity index (χ2v) is 8.83. The summed E-state index contributed by atoms with van der Waals surface area (Å²) in [6.07, 6.45) is 2.78. The van der Waals surface area contributed by atoms with E-state index in [1.807, 2.05) is 4.90 Å². The lowest BCUT2D eigenvalue weighted by molar-refractivity contribution is 0.235. The fourth-order valence-electron chi connectivity index (χ4n) is 3.04. The van der Waals surface area contributed by atoms with Crippen molar-refractivity contribution in [3.8, 4) is 0 Å². The Kier molecular flexibility index (Phi) is 4.90. The Morgan fingerprint density at radius 2 is 2.12 bits per heavy atom. The minimum atomic E-state index is -2.53. The van der Waals surface area contributed by atoms with Gasteiger partial charge in [0.25, 0.3) is 5.56 Å². The molecule has 11 heteroatoms. The Morgan fingerprint density at radius 3 is 2.83 bits per heavy atom. The molecule has 0 spiro atoms. The van der Waals surface area contributed by atoms with Gasteiger partial charge in [0, 0.05) is 30.9 Å². The Labute approximate surface area is 145 Å². The van der Waals surface area contributed by atoms with Crippen molar-refractivity contribution in [2.24, 2.45) is 0 Å². The van der Waals surface area contributed by atoms with Crippen LogP contribution in [0.2, 0.25) is 5.02 Å². The number of urea groups is 1. The van der Waals surface area contributed by atoms with Gasteiger partial charge in [-0.3, -0.25) is 13.9 Å². The van der Waals surface area contributed by atoms with Gasteiger partial charge >= 0.3 is 6.03 Å². The van der Waals surface area contributed by atoms with E-state index >= 15 is 0 Å². The van der Waals surface area contributed by atoms with Gasteiger partial charge in [-0.25, -0.2) is 9.89 Å².